The largest absolute Gasteiger partial charge is 0.295 e. The Morgan fingerprint density at radius 3 is 2.65 bits per heavy atom. The zero-order valence-corrected chi connectivity index (χ0v) is 13.8. The third-order valence-corrected chi connectivity index (χ3v) is 4.66. The van der Waals surface area contributed by atoms with Gasteiger partial charge in [-0.05, 0) is 36.1 Å². The van der Waals surface area contributed by atoms with Crippen LogP contribution in [0.3, 0.4) is 0 Å². The van der Waals surface area contributed by atoms with Gasteiger partial charge in [-0.1, -0.05) is 6.07 Å². The second-order valence-electron chi connectivity index (χ2n) is 6.28. The van der Waals surface area contributed by atoms with E-state index in [1.54, 1.807) is 17.3 Å². The predicted molar refractivity (Wildman–Crippen MR) is 92.5 cm³/mol. The molecule has 0 radical (unpaired) electrons. The van der Waals surface area contributed by atoms with Gasteiger partial charge < -0.3 is 0 Å². The van der Waals surface area contributed by atoms with Crippen molar-refractivity contribution >= 4 is 11.7 Å². The molecule has 1 N–H and O–H groups in total. The zero-order valence-electron chi connectivity index (χ0n) is 13.8. The van der Waals surface area contributed by atoms with Crippen LogP contribution < -0.4 is 4.90 Å². The minimum absolute atomic E-state index is 0.127. The summed E-state index contributed by atoms with van der Waals surface area (Å²) in [5, 5.41) is 7.15. The Kier molecular flexibility index (Phi) is 4.20. The van der Waals surface area contributed by atoms with Gasteiger partial charge in [0, 0.05) is 43.1 Å². The number of halogens is 2. The molecule has 0 spiro atoms. The van der Waals surface area contributed by atoms with E-state index >= 15 is 0 Å². The number of nitrogens with zero attached hydrogens (tertiary/aromatic N) is 3. The molecule has 1 amide bonds. The first-order valence-corrected chi connectivity index (χ1v) is 8.33. The molecule has 3 heterocycles. The van der Waals surface area contributed by atoms with Crippen LogP contribution in [-0.2, 0) is 4.79 Å². The average molecular weight is 354 g/mol. The van der Waals surface area contributed by atoms with E-state index in [-0.39, 0.29) is 18.2 Å². The topological polar surface area (TPSA) is 61.9 Å². The Morgan fingerprint density at radius 1 is 1.12 bits per heavy atom. The lowest BCUT2D eigenvalue weighted by molar-refractivity contribution is -0.120. The first-order valence-electron chi connectivity index (χ1n) is 8.33. The van der Waals surface area contributed by atoms with E-state index < -0.39 is 11.6 Å². The Hall–Kier alpha value is -3.09. The standard InChI is InChI=1S/C19H16F2N4O/c20-14-1-2-15(16(21)10-14)13-5-8-25(19(26)9-13)18-11-17(23-24-18)12-3-6-22-7-4-12/h1-4,6-7,10-11,13H,5,8-9H2,(H,23,24). The number of pyridine rings is 1. The third kappa shape index (κ3) is 3.08. The number of H-pyrrole nitrogens is 1. The molecule has 2 aromatic heterocycles. The maximum Gasteiger partial charge on any atom is 0.228 e. The molecule has 7 heteroatoms. The van der Waals surface area contributed by atoms with Crippen LogP contribution in [0, 0.1) is 11.6 Å². The van der Waals surface area contributed by atoms with Gasteiger partial charge in [-0.15, -0.1) is 0 Å². The fraction of sp³-hybridized carbons (Fsp3) is 0.211. The summed E-state index contributed by atoms with van der Waals surface area (Å²) in [6.07, 6.45) is 4.12. The summed E-state index contributed by atoms with van der Waals surface area (Å²) < 4.78 is 27.1. The van der Waals surface area contributed by atoms with Gasteiger partial charge in [0.05, 0.1) is 5.69 Å². The number of benzene rings is 1. The van der Waals surface area contributed by atoms with E-state index in [9.17, 15) is 13.6 Å². The number of piperidine rings is 1. The molecule has 1 aliphatic heterocycles. The summed E-state index contributed by atoms with van der Waals surface area (Å²) in [5.41, 5.74) is 2.11. The van der Waals surface area contributed by atoms with Crippen LogP contribution in [0.4, 0.5) is 14.6 Å². The minimum atomic E-state index is -0.616. The summed E-state index contributed by atoms with van der Waals surface area (Å²) in [6, 6.07) is 9.02. The van der Waals surface area contributed by atoms with Gasteiger partial charge in [-0.25, -0.2) is 8.78 Å². The molecule has 4 rings (SSSR count). The number of rotatable bonds is 3. The highest BCUT2D eigenvalue weighted by Crippen LogP contribution is 2.33. The van der Waals surface area contributed by atoms with Crippen LogP contribution in [0.5, 0.6) is 0 Å². The summed E-state index contributed by atoms with van der Waals surface area (Å²) in [4.78, 5) is 18.1. The van der Waals surface area contributed by atoms with Gasteiger partial charge in [0.25, 0.3) is 0 Å². The van der Waals surface area contributed by atoms with E-state index in [1.807, 2.05) is 18.2 Å². The fourth-order valence-corrected chi connectivity index (χ4v) is 3.30. The average Bonchev–Trinajstić information content (AvgIpc) is 3.12. The molecule has 1 aliphatic rings. The van der Waals surface area contributed by atoms with Crippen LogP contribution in [0.15, 0.2) is 48.8 Å². The van der Waals surface area contributed by atoms with Crippen molar-refractivity contribution in [2.45, 2.75) is 18.8 Å². The number of nitrogens with one attached hydrogen (secondary N) is 1. The number of carbonyl (C=O) groups excluding carboxylic acids is 1. The number of aromatic amines is 1. The smallest absolute Gasteiger partial charge is 0.228 e. The number of anilines is 1. The number of hydrogen-bond acceptors (Lipinski definition) is 3. The predicted octanol–water partition coefficient (Wildman–Crippen LogP) is 3.66. The molecule has 132 valence electrons. The Balaban J connectivity index is 1.51. The van der Waals surface area contributed by atoms with Gasteiger partial charge in [-0.2, -0.15) is 5.10 Å². The van der Waals surface area contributed by atoms with Crippen LogP contribution in [-0.4, -0.2) is 27.6 Å². The molecule has 1 atom stereocenters. The molecule has 26 heavy (non-hydrogen) atoms. The molecule has 1 saturated heterocycles. The lowest BCUT2D eigenvalue weighted by atomic mass is 9.88. The molecule has 1 unspecified atom stereocenters. The van der Waals surface area contributed by atoms with Gasteiger partial charge >= 0.3 is 0 Å². The quantitative estimate of drug-likeness (QED) is 0.781. The normalized spacial score (nSPS) is 17.5. The zero-order chi connectivity index (χ0) is 18.1. The first-order chi connectivity index (χ1) is 12.6. The number of hydrogen-bond donors (Lipinski definition) is 1. The summed E-state index contributed by atoms with van der Waals surface area (Å²) in [7, 11) is 0. The fourth-order valence-electron chi connectivity index (χ4n) is 3.30. The monoisotopic (exact) mass is 354 g/mol. The van der Waals surface area contributed by atoms with Gasteiger partial charge in [-0.3, -0.25) is 19.8 Å². The van der Waals surface area contributed by atoms with Crippen LogP contribution in [0.1, 0.15) is 24.3 Å². The van der Waals surface area contributed by atoms with Crippen molar-refractivity contribution in [1.29, 1.82) is 0 Å². The van der Waals surface area contributed by atoms with E-state index in [0.29, 0.717) is 24.3 Å². The number of aromatic nitrogens is 3. The lowest BCUT2D eigenvalue weighted by Gasteiger charge is -2.30. The van der Waals surface area contributed by atoms with Gasteiger partial charge in [0.1, 0.15) is 11.6 Å². The molecule has 0 bridgehead atoms. The highest BCUT2D eigenvalue weighted by atomic mass is 19.1. The Labute approximate surface area is 148 Å². The second-order valence-corrected chi connectivity index (χ2v) is 6.28. The summed E-state index contributed by atoms with van der Waals surface area (Å²) in [6.45, 7) is 0.432. The molecule has 0 saturated carbocycles. The van der Waals surface area contributed by atoms with Crippen LogP contribution in [0.25, 0.3) is 11.3 Å². The van der Waals surface area contributed by atoms with Crippen molar-refractivity contribution in [2.24, 2.45) is 0 Å². The van der Waals surface area contributed by atoms with Gasteiger partial charge in [0.15, 0.2) is 5.82 Å². The molecule has 0 aliphatic carbocycles. The molecule has 5 nitrogen and oxygen atoms in total. The van der Waals surface area contributed by atoms with Crippen LogP contribution in [0.2, 0.25) is 0 Å². The van der Waals surface area contributed by atoms with Crippen molar-refractivity contribution in [1.82, 2.24) is 15.2 Å². The van der Waals surface area contributed by atoms with Crippen molar-refractivity contribution in [3.63, 3.8) is 0 Å². The number of carbonyl (C=O) groups is 1. The maximum absolute atomic E-state index is 14.0. The lowest BCUT2D eigenvalue weighted by Crippen LogP contribution is -2.38. The Bertz CT molecular complexity index is 942. The highest BCUT2D eigenvalue weighted by Gasteiger charge is 2.30. The molecule has 1 aromatic carbocycles. The van der Waals surface area contributed by atoms with Crippen molar-refractivity contribution < 1.29 is 13.6 Å². The van der Waals surface area contributed by atoms with Gasteiger partial charge in [0.2, 0.25) is 5.91 Å². The SMILES string of the molecule is O=C1CC(c2ccc(F)cc2F)CCN1c1cc(-c2ccncc2)[nH]n1. The highest BCUT2D eigenvalue weighted by molar-refractivity contribution is 5.94. The van der Waals surface area contributed by atoms with E-state index in [0.717, 1.165) is 17.3 Å². The molecule has 3 aromatic rings. The Morgan fingerprint density at radius 2 is 1.92 bits per heavy atom. The molecule has 1 fully saturated rings. The number of amides is 1. The third-order valence-electron chi connectivity index (χ3n) is 4.66. The summed E-state index contributed by atoms with van der Waals surface area (Å²) >= 11 is 0. The summed E-state index contributed by atoms with van der Waals surface area (Å²) in [5.74, 6) is -1.05. The van der Waals surface area contributed by atoms with Crippen molar-refractivity contribution in [3.8, 4) is 11.3 Å². The van der Waals surface area contributed by atoms with Crippen LogP contribution >= 0.6 is 0 Å². The molecular formula is C19H16F2N4O. The van der Waals surface area contributed by atoms with E-state index in [1.165, 1.54) is 12.1 Å². The minimum Gasteiger partial charge on any atom is -0.295 e. The second kappa shape index (κ2) is 6.67. The first kappa shape index (κ1) is 16.4. The van der Waals surface area contributed by atoms with E-state index in [2.05, 4.69) is 15.2 Å². The molecular weight excluding hydrogens is 338 g/mol. The van der Waals surface area contributed by atoms with Crippen molar-refractivity contribution in [3.05, 3.63) is 66.0 Å². The van der Waals surface area contributed by atoms with E-state index in [4.69, 9.17) is 0 Å². The maximum atomic E-state index is 14.0. The van der Waals surface area contributed by atoms with Crippen molar-refractivity contribution in [2.75, 3.05) is 11.4 Å².